The van der Waals surface area contributed by atoms with E-state index in [1.165, 1.54) is 6.21 Å². The maximum Gasteiger partial charge on any atom is 0.230 e. The fourth-order valence-corrected chi connectivity index (χ4v) is 2.60. The molecule has 0 aliphatic heterocycles. The molecular formula is C14H20N6S. The van der Waals surface area contributed by atoms with Crippen molar-refractivity contribution in [2.45, 2.75) is 5.03 Å². The first kappa shape index (κ1) is 13.4. The molecule has 0 unspecified atom stereocenters. The molecule has 1 aromatic carbocycles. The lowest BCUT2D eigenvalue weighted by Gasteiger charge is -2.08. The summed E-state index contributed by atoms with van der Waals surface area (Å²) in [5, 5.41) is 12.3. The van der Waals surface area contributed by atoms with E-state index in [2.05, 4.69) is 20.3 Å². The molecule has 2 heterocycles. The minimum Gasteiger partial charge on any atom is -0.398 e. The minimum absolute atomic E-state index is 0. The summed E-state index contributed by atoms with van der Waals surface area (Å²) >= 11 is 1.57. The Balaban J connectivity index is 0.00000176. The summed E-state index contributed by atoms with van der Waals surface area (Å²) < 4.78 is 0. The lowest BCUT2D eigenvalue weighted by molar-refractivity contribution is 1.10. The molecule has 0 atom stereocenters. The van der Waals surface area contributed by atoms with Crippen molar-refractivity contribution >= 4 is 46.3 Å². The van der Waals surface area contributed by atoms with Crippen molar-refractivity contribution in [3.63, 3.8) is 0 Å². The van der Waals surface area contributed by atoms with Crippen LogP contribution >= 0.6 is 11.8 Å². The van der Waals surface area contributed by atoms with Gasteiger partial charge in [0.1, 0.15) is 10.7 Å². The van der Waals surface area contributed by atoms with E-state index in [1.807, 2.05) is 24.6 Å². The minimum atomic E-state index is 0. The number of aromatic amines is 1. The van der Waals surface area contributed by atoms with E-state index < -0.39 is 0 Å². The van der Waals surface area contributed by atoms with Crippen molar-refractivity contribution in [1.29, 1.82) is 5.41 Å². The number of nitrogens with one attached hydrogen (secondary N) is 3. The number of nitrogens with two attached hydrogens (primary N) is 1. The van der Waals surface area contributed by atoms with Crippen LogP contribution in [0.1, 0.15) is 9.84 Å². The Morgan fingerprint density at radius 2 is 2.24 bits per heavy atom. The van der Waals surface area contributed by atoms with Gasteiger partial charge in [-0.05, 0) is 30.5 Å². The van der Waals surface area contributed by atoms with Crippen molar-refractivity contribution < 1.29 is 4.28 Å². The Labute approximate surface area is 130 Å². The zero-order valence-corrected chi connectivity index (χ0v) is 12.2. The first-order valence-corrected chi connectivity index (χ1v) is 7.50. The molecule has 3 aromatic rings. The SMILES string of the molecule is CSc1nc(Nc2ccc(C=N)c(N)c2)nc2[nH]ccc12.[HH].[HH].[HH]. The molecule has 3 rings (SSSR count). The second-order valence-corrected chi connectivity index (χ2v) is 5.20. The fourth-order valence-electron chi connectivity index (χ4n) is 2.04. The van der Waals surface area contributed by atoms with Crippen molar-refractivity contribution in [2.75, 3.05) is 17.3 Å². The number of hydrogen-bond donors (Lipinski definition) is 4. The molecule has 5 N–H and O–H groups in total. The Morgan fingerprint density at radius 1 is 1.38 bits per heavy atom. The lowest BCUT2D eigenvalue weighted by atomic mass is 10.2. The van der Waals surface area contributed by atoms with E-state index in [-0.39, 0.29) is 4.28 Å². The Morgan fingerprint density at radius 3 is 2.95 bits per heavy atom. The first-order valence-electron chi connectivity index (χ1n) is 6.27. The number of thioether (sulfide) groups is 1. The molecule has 0 radical (unpaired) electrons. The number of anilines is 3. The van der Waals surface area contributed by atoms with Crippen LogP contribution in [0.2, 0.25) is 0 Å². The number of benzene rings is 1. The maximum atomic E-state index is 7.24. The van der Waals surface area contributed by atoms with Gasteiger partial charge in [0.15, 0.2) is 0 Å². The van der Waals surface area contributed by atoms with Gasteiger partial charge in [-0.15, -0.1) is 11.8 Å². The monoisotopic (exact) mass is 304 g/mol. The standard InChI is InChI=1S/C14H14N6S.3H2/c1-21-13-10-4-5-17-12(10)19-14(20-13)18-9-3-2-8(7-15)11(16)6-9;;;/h2-7,15H,16H2,1H3,(H2,17,18,19,20);3*1H. The predicted molar refractivity (Wildman–Crippen MR) is 94.0 cm³/mol. The normalized spacial score (nSPS) is 10.7. The van der Waals surface area contributed by atoms with Crippen LogP contribution in [0.25, 0.3) is 11.0 Å². The van der Waals surface area contributed by atoms with Gasteiger partial charge in [0, 0.05) is 33.6 Å². The van der Waals surface area contributed by atoms with Gasteiger partial charge in [-0.25, -0.2) is 4.98 Å². The third kappa shape index (κ3) is 2.55. The van der Waals surface area contributed by atoms with Crippen LogP contribution in [0.15, 0.2) is 35.5 Å². The molecule has 0 spiro atoms. The van der Waals surface area contributed by atoms with Crippen LogP contribution in [0.5, 0.6) is 0 Å². The van der Waals surface area contributed by atoms with Crippen LogP contribution in [0, 0.1) is 5.41 Å². The number of H-pyrrole nitrogens is 1. The summed E-state index contributed by atoms with van der Waals surface area (Å²) in [7, 11) is 0. The van der Waals surface area contributed by atoms with Gasteiger partial charge < -0.3 is 21.4 Å². The third-order valence-electron chi connectivity index (χ3n) is 3.07. The molecule has 0 amide bonds. The molecule has 112 valence electrons. The highest BCUT2D eigenvalue weighted by molar-refractivity contribution is 7.98. The van der Waals surface area contributed by atoms with Gasteiger partial charge in [0.25, 0.3) is 0 Å². The Kier molecular flexibility index (Phi) is 3.49. The molecule has 0 saturated carbocycles. The van der Waals surface area contributed by atoms with Gasteiger partial charge in [-0.3, -0.25) is 0 Å². The number of nitrogens with zero attached hydrogens (tertiary/aromatic N) is 2. The maximum absolute atomic E-state index is 7.24. The zero-order valence-electron chi connectivity index (χ0n) is 11.3. The molecular weight excluding hydrogens is 284 g/mol. The third-order valence-corrected chi connectivity index (χ3v) is 3.77. The van der Waals surface area contributed by atoms with Crippen LogP contribution < -0.4 is 11.1 Å². The van der Waals surface area contributed by atoms with E-state index in [9.17, 15) is 0 Å². The van der Waals surface area contributed by atoms with E-state index in [0.717, 1.165) is 21.7 Å². The highest BCUT2D eigenvalue weighted by Crippen LogP contribution is 2.26. The summed E-state index contributed by atoms with van der Waals surface area (Å²) in [6, 6.07) is 7.36. The summed E-state index contributed by atoms with van der Waals surface area (Å²) in [6.45, 7) is 0. The number of nitrogen functional groups attached to an aromatic ring is 1. The summed E-state index contributed by atoms with van der Waals surface area (Å²) in [5.74, 6) is 0.510. The number of hydrogen-bond acceptors (Lipinski definition) is 6. The molecule has 21 heavy (non-hydrogen) atoms. The second kappa shape index (κ2) is 5.45. The smallest absolute Gasteiger partial charge is 0.230 e. The molecule has 2 aromatic heterocycles. The van der Waals surface area contributed by atoms with Crippen LogP contribution in [0.4, 0.5) is 17.3 Å². The topological polar surface area (TPSA) is 103 Å². The first-order chi connectivity index (χ1) is 10.2. The zero-order chi connectivity index (χ0) is 14.8. The van der Waals surface area contributed by atoms with E-state index in [0.29, 0.717) is 17.2 Å². The molecule has 6 nitrogen and oxygen atoms in total. The molecule has 0 bridgehead atoms. The molecule has 7 heteroatoms. The Bertz CT molecular complexity index is 823. The van der Waals surface area contributed by atoms with Crippen molar-refractivity contribution in [2.24, 2.45) is 0 Å². The highest BCUT2D eigenvalue weighted by Gasteiger charge is 2.08. The second-order valence-electron chi connectivity index (χ2n) is 4.41. The number of fused-ring (bicyclic) bond motifs is 1. The summed E-state index contributed by atoms with van der Waals surface area (Å²) in [5.41, 5.74) is 8.68. The highest BCUT2D eigenvalue weighted by atomic mass is 32.2. The average Bonchev–Trinajstić information content (AvgIpc) is 2.95. The molecule has 0 saturated heterocycles. The van der Waals surface area contributed by atoms with Gasteiger partial charge >= 0.3 is 0 Å². The largest absolute Gasteiger partial charge is 0.398 e. The van der Waals surface area contributed by atoms with Gasteiger partial charge in [0.2, 0.25) is 5.95 Å². The average molecular weight is 304 g/mol. The molecule has 0 fully saturated rings. The molecule has 0 aliphatic carbocycles. The lowest BCUT2D eigenvalue weighted by Crippen LogP contribution is -2.00. The van der Waals surface area contributed by atoms with Gasteiger partial charge in [-0.1, -0.05) is 0 Å². The fraction of sp³-hybridized carbons (Fsp3) is 0.0714. The predicted octanol–water partition coefficient (Wildman–Crippen LogP) is 3.74. The van der Waals surface area contributed by atoms with Crippen molar-refractivity contribution in [3.05, 3.63) is 36.0 Å². The van der Waals surface area contributed by atoms with Gasteiger partial charge in [0.05, 0.1) is 5.39 Å². The van der Waals surface area contributed by atoms with E-state index in [4.69, 9.17) is 11.1 Å². The van der Waals surface area contributed by atoms with Crippen LogP contribution in [-0.4, -0.2) is 27.4 Å². The molecule has 0 aliphatic rings. The number of rotatable bonds is 4. The summed E-state index contributed by atoms with van der Waals surface area (Å²) in [4.78, 5) is 12.0. The van der Waals surface area contributed by atoms with Crippen molar-refractivity contribution in [3.8, 4) is 0 Å². The Hall–Kier alpha value is -2.54. The van der Waals surface area contributed by atoms with Crippen molar-refractivity contribution in [1.82, 2.24) is 15.0 Å². The number of aromatic nitrogens is 3. The van der Waals surface area contributed by atoms with E-state index >= 15 is 0 Å². The van der Waals surface area contributed by atoms with Crippen LogP contribution in [0.3, 0.4) is 0 Å². The quantitative estimate of drug-likeness (QED) is 0.254. The summed E-state index contributed by atoms with van der Waals surface area (Å²) in [6.07, 6.45) is 5.06. The van der Waals surface area contributed by atoms with Crippen LogP contribution in [-0.2, 0) is 0 Å². The van der Waals surface area contributed by atoms with Gasteiger partial charge in [-0.2, -0.15) is 4.98 Å². The van der Waals surface area contributed by atoms with E-state index in [1.54, 1.807) is 23.9 Å².